The van der Waals surface area contributed by atoms with E-state index in [0.717, 1.165) is 18.8 Å². The van der Waals surface area contributed by atoms with Crippen molar-refractivity contribution in [3.8, 4) is 5.88 Å². The van der Waals surface area contributed by atoms with E-state index in [1.165, 1.54) is 0 Å². The van der Waals surface area contributed by atoms with Crippen LogP contribution >= 0.6 is 12.2 Å². The molecule has 1 aromatic rings. The van der Waals surface area contributed by atoms with Crippen LogP contribution in [0.15, 0.2) is 18.2 Å². The third-order valence-corrected chi connectivity index (χ3v) is 2.30. The third-order valence-electron chi connectivity index (χ3n) is 1.86. The summed E-state index contributed by atoms with van der Waals surface area (Å²) in [5.41, 5.74) is 0. The minimum Gasteiger partial charge on any atom is -0.481 e. The van der Waals surface area contributed by atoms with E-state index in [0.29, 0.717) is 10.2 Å². The predicted octanol–water partition coefficient (Wildman–Crippen LogP) is -0.858. The van der Waals surface area contributed by atoms with E-state index in [1.807, 2.05) is 17.0 Å². The minimum absolute atomic E-state index is 0. The van der Waals surface area contributed by atoms with Gasteiger partial charge in [0, 0.05) is 12.6 Å². The fourth-order valence-corrected chi connectivity index (χ4v) is 1.56. The van der Waals surface area contributed by atoms with Crippen LogP contribution in [0.25, 0.3) is 0 Å². The van der Waals surface area contributed by atoms with Crippen molar-refractivity contribution in [2.45, 2.75) is 13.3 Å². The SMILES string of the molecule is CCCN(C(=S)[S-])c1cccc(OC)n1.[K+]. The zero-order valence-electron chi connectivity index (χ0n) is 9.77. The monoisotopic (exact) mass is 280 g/mol. The molecule has 0 radical (unpaired) electrons. The summed E-state index contributed by atoms with van der Waals surface area (Å²) in [4.78, 5) is 6.11. The fourth-order valence-electron chi connectivity index (χ4n) is 1.19. The number of ether oxygens (including phenoxy) is 1. The molecule has 82 valence electrons. The van der Waals surface area contributed by atoms with Crippen molar-refractivity contribution in [2.75, 3.05) is 18.6 Å². The zero-order chi connectivity index (χ0) is 11.3. The molecule has 0 atom stereocenters. The number of thiocarbonyl (C=S) groups is 1. The van der Waals surface area contributed by atoms with Crippen molar-refractivity contribution < 1.29 is 56.1 Å². The molecule has 0 N–H and O–H groups in total. The molecule has 0 unspecified atom stereocenters. The third kappa shape index (κ3) is 4.91. The van der Waals surface area contributed by atoms with Crippen LogP contribution in [0.3, 0.4) is 0 Å². The summed E-state index contributed by atoms with van der Waals surface area (Å²) in [7, 11) is 1.59. The van der Waals surface area contributed by atoms with Gasteiger partial charge in [-0.15, -0.1) is 0 Å². The molecule has 1 rings (SSSR count). The molecule has 3 nitrogen and oxygen atoms in total. The molecule has 1 heterocycles. The van der Waals surface area contributed by atoms with Gasteiger partial charge in [0.15, 0.2) is 0 Å². The standard InChI is InChI=1S/C10H14N2OS2.K/c1-3-7-12(10(14)15)8-5-4-6-9(11-8)13-2;/h4-6H,3,7H2,1-2H3,(H,14,15);/q;+1/p-1. The Morgan fingerprint density at radius 3 is 2.75 bits per heavy atom. The van der Waals surface area contributed by atoms with Crippen LogP contribution in [0.5, 0.6) is 5.88 Å². The van der Waals surface area contributed by atoms with Gasteiger partial charge in [-0.1, -0.05) is 17.3 Å². The number of nitrogens with zero attached hydrogens (tertiary/aromatic N) is 2. The van der Waals surface area contributed by atoms with E-state index in [9.17, 15) is 0 Å². The van der Waals surface area contributed by atoms with E-state index in [4.69, 9.17) is 29.6 Å². The maximum atomic E-state index is 5.05. The zero-order valence-corrected chi connectivity index (χ0v) is 14.5. The largest absolute Gasteiger partial charge is 1.00 e. The normalized spacial score (nSPS) is 9.12. The van der Waals surface area contributed by atoms with Crippen LogP contribution in [-0.4, -0.2) is 23.0 Å². The summed E-state index contributed by atoms with van der Waals surface area (Å²) in [5.74, 6) is 1.32. The van der Waals surface area contributed by atoms with Crippen molar-refractivity contribution in [3.05, 3.63) is 18.2 Å². The first kappa shape index (κ1) is 16.7. The topological polar surface area (TPSA) is 25.4 Å². The van der Waals surface area contributed by atoms with E-state index in [1.54, 1.807) is 13.2 Å². The maximum Gasteiger partial charge on any atom is 1.00 e. The molecule has 0 fully saturated rings. The van der Waals surface area contributed by atoms with Crippen molar-refractivity contribution in [3.63, 3.8) is 0 Å². The summed E-state index contributed by atoms with van der Waals surface area (Å²) in [6.07, 6.45) is 0.968. The van der Waals surface area contributed by atoms with Gasteiger partial charge in [0.2, 0.25) is 5.88 Å². The molecule has 0 spiro atoms. The smallest absolute Gasteiger partial charge is 0.481 e. The van der Waals surface area contributed by atoms with Gasteiger partial charge < -0.3 is 34.5 Å². The number of pyridine rings is 1. The van der Waals surface area contributed by atoms with E-state index in [2.05, 4.69) is 11.9 Å². The summed E-state index contributed by atoms with van der Waals surface area (Å²) >= 11 is 10.0. The molecule has 6 heteroatoms. The Labute approximate surface area is 150 Å². The van der Waals surface area contributed by atoms with E-state index < -0.39 is 0 Å². The Kier molecular flexibility index (Phi) is 9.12. The van der Waals surface area contributed by atoms with Gasteiger partial charge in [-0.2, -0.15) is 4.98 Å². The summed E-state index contributed by atoms with van der Waals surface area (Å²) in [5, 5.41) is 0. The molecule has 0 saturated carbocycles. The Morgan fingerprint density at radius 2 is 2.25 bits per heavy atom. The quantitative estimate of drug-likeness (QED) is 0.406. The summed E-state index contributed by atoms with van der Waals surface area (Å²) < 4.78 is 5.46. The van der Waals surface area contributed by atoms with Crippen LogP contribution in [-0.2, 0) is 12.6 Å². The molecule has 0 aliphatic rings. The molecule has 0 aliphatic carbocycles. The number of anilines is 1. The van der Waals surface area contributed by atoms with Gasteiger partial charge in [0.1, 0.15) is 5.82 Å². The van der Waals surface area contributed by atoms with Crippen LogP contribution in [0, 0.1) is 0 Å². The predicted molar refractivity (Wildman–Crippen MR) is 68.4 cm³/mol. The number of hydrogen-bond acceptors (Lipinski definition) is 4. The number of methoxy groups -OCH3 is 1. The Bertz CT molecular complexity index is 349. The first-order valence-corrected chi connectivity index (χ1v) is 5.50. The van der Waals surface area contributed by atoms with Gasteiger partial charge in [0.05, 0.1) is 7.11 Å². The summed E-state index contributed by atoms with van der Waals surface area (Å²) in [6.45, 7) is 2.85. The van der Waals surface area contributed by atoms with Gasteiger partial charge in [-0.3, -0.25) is 0 Å². The minimum atomic E-state index is 0. The first-order valence-electron chi connectivity index (χ1n) is 4.68. The molecule has 0 aliphatic heterocycles. The van der Waals surface area contributed by atoms with Crippen LogP contribution < -0.4 is 61.0 Å². The van der Waals surface area contributed by atoms with Crippen LogP contribution in [0.4, 0.5) is 5.82 Å². The summed E-state index contributed by atoms with van der Waals surface area (Å²) in [6, 6.07) is 5.54. The maximum absolute atomic E-state index is 5.05. The Balaban J connectivity index is 0.00000225. The number of hydrogen-bond donors (Lipinski definition) is 0. The van der Waals surface area contributed by atoms with Crippen molar-refractivity contribution in [1.29, 1.82) is 0 Å². The molecular weight excluding hydrogens is 267 g/mol. The van der Waals surface area contributed by atoms with Gasteiger partial charge >= 0.3 is 51.4 Å². The molecular formula is C10H13KN2OS2. The van der Waals surface area contributed by atoms with Gasteiger partial charge in [0.25, 0.3) is 0 Å². The fraction of sp³-hybridized carbons (Fsp3) is 0.400. The first-order chi connectivity index (χ1) is 7.19. The number of aromatic nitrogens is 1. The van der Waals surface area contributed by atoms with Crippen molar-refractivity contribution in [2.24, 2.45) is 0 Å². The Hall–Kier alpha value is 0.696. The molecule has 0 amide bonds. The van der Waals surface area contributed by atoms with E-state index >= 15 is 0 Å². The van der Waals surface area contributed by atoms with Gasteiger partial charge in [-0.25, -0.2) is 0 Å². The molecule has 0 saturated heterocycles. The molecule has 1 aromatic heterocycles. The second kappa shape index (κ2) is 8.74. The Morgan fingerprint density at radius 1 is 1.56 bits per heavy atom. The second-order valence-corrected chi connectivity index (χ2v) is 3.99. The van der Waals surface area contributed by atoms with Crippen LogP contribution in [0.1, 0.15) is 13.3 Å². The van der Waals surface area contributed by atoms with Crippen molar-refractivity contribution in [1.82, 2.24) is 4.98 Å². The molecule has 0 aromatic carbocycles. The molecule has 0 bridgehead atoms. The second-order valence-electron chi connectivity index (χ2n) is 2.96. The number of rotatable bonds is 4. The average molecular weight is 280 g/mol. The average Bonchev–Trinajstić information content (AvgIpc) is 2.25. The van der Waals surface area contributed by atoms with Crippen LogP contribution in [0.2, 0.25) is 0 Å². The van der Waals surface area contributed by atoms with E-state index in [-0.39, 0.29) is 51.4 Å². The molecule has 16 heavy (non-hydrogen) atoms. The van der Waals surface area contributed by atoms with Gasteiger partial charge in [-0.05, 0) is 12.5 Å². The van der Waals surface area contributed by atoms with Crippen molar-refractivity contribution >= 4 is 35.0 Å².